The van der Waals surface area contributed by atoms with Crippen molar-refractivity contribution in [2.45, 2.75) is 19.3 Å². The molecule has 1 unspecified atom stereocenters. The molecule has 0 amide bonds. The van der Waals surface area contributed by atoms with Crippen LogP contribution in [-0.4, -0.2) is 26.1 Å². The van der Waals surface area contributed by atoms with Crippen molar-refractivity contribution < 1.29 is 0 Å². The summed E-state index contributed by atoms with van der Waals surface area (Å²) in [5.74, 6) is 1.24. The average molecular weight is 265 g/mol. The Labute approximate surface area is 116 Å². The van der Waals surface area contributed by atoms with Gasteiger partial charge in [-0.15, -0.1) is 10.2 Å². The van der Waals surface area contributed by atoms with Gasteiger partial charge in [0, 0.05) is 29.9 Å². The van der Waals surface area contributed by atoms with Crippen LogP contribution in [0.1, 0.15) is 29.4 Å². The van der Waals surface area contributed by atoms with Crippen LogP contribution in [0.15, 0.2) is 36.7 Å². The predicted octanol–water partition coefficient (Wildman–Crippen LogP) is 2.38. The summed E-state index contributed by atoms with van der Waals surface area (Å²) >= 11 is 0. The fraction of sp³-hybridized carbons (Fsp3) is 0.267. The van der Waals surface area contributed by atoms with Crippen LogP contribution >= 0.6 is 0 Å². The van der Waals surface area contributed by atoms with Crippen LogP contribution < -0.4 is 5.32 Å². The van der Waals surface area contributed by atoms with E-state index in [1.165, 1.54) is 11.3 Å². The van der Waals surface area contributed by atoms with Gasteiger partial charge in [0.15, 0.2) is 5.65 Å². The molecule has 0 radical (unpaired) electrons. The van der Waals surface area contributed by atoms with Crippen molar-refractivity contribution in [1.82, 2.24) is 19.6 Å². The second-order valence-corrected chi connectivity index (χ2v) is 5.17. The summed E-state index contributed by atoms with van der Waals surface area (Å²) in [4.78, 5) is 4.36. The van der Waals surface area contributed by atoms with Crippen molar-refractivity contribution in [2.75, 3.05) is 11.9 Å². The lowest BCUT2D eigenvalue weighted by Gasteiger charge is -2.25. The number of nitrogens with one attached hydrogen (secondary N) is 1. The molecule has 0 bridgehead atoms. The highest BCUT2D eigenvalue weighted by Gasteiger charge is 2.25. The maximum atomic E-state index is 4.40. The lowest BCUT2D eigenvalue weighted by Crippen LogP contribution is -2.19. The fourth-order valence-electron chi connectivity index (χ4n) is 2.88. The summed E-state index contributed by atoms with van der Waals surface area (Å²) in [6.45, 7) is 2.92. The lowest BCUT2D eigenvalue weighted by molar-refractivity contribution is 0.665. The van der Waals surface area contributed by atoms with Gasteiger partial charge in [-0.2, -0.15) is 0 Å². The van der Waals surface area contributed by atoms with Crippen molar-refractivity contribution in [3.63, 3.8) is 0 Å². The number of nitrogens with zero attached hydrogens (tertiary/aromatic N) is 4. The largest absolute Gasteiger partial charge is 0.385 e. The Balaban J connectivity index is 1.88. The summed E-state index contributed by atoms with van der Waals surface area (Å²) in [5, 5.41) is 12.1. The van der Waals surface area contributed by atoms with Crippen LogP contribution in [0.5, 0.6) is 0 Å². The number of para-hydroxylation sites is 1. The molecule has 1 aliphatic heterocycles. The van der Waals surface area contributed by atoms with Crippen LogP contribution in [-0.2, 0) is 0 Å². The second-order valence-electron chi connectivity index (χ2n) is 5.17. The van der Waals surface area contributed by atoms with Crippen LogP contribution in [0.2, 0.25) is 0 Å². The number of rotatable bonds is 1. The lowest BCUT2D eigenvalue weighted by atomic mass is 9.90. The third kappa shape index (κ3) is 1.66. The van der Waals surface area contributed by atoms with Crippen molar-refractivity contribution >= 4 is 11.3 Å². The first kappa shape index (κ1) is 11.4. The fourth-order valence-corrected chi connectivity index (χ4v) is 2.88. The number of hydrogen-bond acceptors (Lipinski definition) is 4. The van der Waals surface area contributed by atoms with E-state index >= 15 is 0 Å². The number of hydrogen-bond donors (Lipinski definition) is 1. The zero-order valence-corrected chi connectivity index (χ0v) is 11.2. The van der Waals surface area contributed by atoms with Gasteiger partial charge in [0.2, 0.25) is 0 Å². The number of aryl methyl sites for hydroxylation is 1. The van der Waals surface area contributed by atoms with E-state index < -0.39 is 0 Å². The molecular weight excluding hydrogens is 250 g/mol. The van der Waals surface area contributed by atoms with E-state index in [0.717, 1.165) is 30.1 Å². The molecule has 0 saturated heterocycles. The van der Waals surface area contributed by atoms with Crippen LogP contribution in [0, 0.1) is 6.92 Å². The molecule has 1 aliphatic rings. The van der Waals surface area contributed by atoms with E-state index in [1.54, 1.807) is 0 Å². The summed E-state index contributed by atoms with van der Waals surface area (Å²) in [7, 11) is 0. The Morgan fingerprint density at radius 3 is 3.10 bits per heavy atom. The van der Waals surface area contributed by atoms with Crippen molar-refractivity contribution in [2.24, 2.45) is 0 Å². The van der Waals surface area contributed by atoms with Gasteiger partial charge in [0.1, 0.15) is 12.2 Å². The van der Waals surface area contributed by atoms with Gasteiger partial charge in [-0.25, -0.2) is 4.98 Å². The van der Waals surface area contributed by atoms with Crippen molar-refractivity contribution in [1.29, 1.82) is 0 Å². The molecule has 1 atom stereocenters. The molecule has 3 aromatic rings. The van der Waals surface area contributed by atoms with Crippen LogP contribution in [0.25, 0.3) is 5.65 Å². The highest BCUT2D eigenvalue weighted by molar-refractivity contribution is 5.56. The first-order valence-electron chi connectivity index (χ1n) is 6.83. The molecule has 4 rings (SSSR count). The average Bonchev–Trinajstić information content (AvgIpc) is 2.89. The number of anilines is 1. The van der Waals surface area contributed by atoms with Crippen LogP contribution in [0.4, 0.5) is 5.69 Å². The van der Waals surface area contributed by atoms with Gasteiger partial charge in [-0.1, -0.05) is 18.2 Å². The molecule has 2 aromatic heterocycles. The minimum Gasteiger partial charge on any atom is -0.385 e. The molecule has 0 fully saturated rings. The molecular formula is C15H15N5. The maximum absolute atomic E-state index is 4.40. The summed E-state index contributed by atoms with van der Waals surface area (Å²) in [6, 6.07) is 10.4. The Morgan fingerprint density at radius 1 is 1.25 bits per heavy atom. The molecule has 0 saturated carbocycles. The van der Waals surface area contributed by atoms with Crippen molar-refractivity contribution in [3.8, 4) is 0 Å². The summed E-state index contributed by atoms with van der Waals surface area (Å²) < 4.78 is 2.00. The Bertz CT molecular complexity index is 777. The normalized spacial score (nSPS) is 17.8. The highest BCUT2D eigenvalue weighted by Crippen LogP contribution is 2.35. The predicted molar refractivity (Wildman–Crippen MR) is 76.9 cm³/mol. The van der Waals surface area contributed by atoms with Gasteiger partial charge in [-0.05, 0) is 25.0 Å². The molecule has 1 aromatic carbocycles. The molecule has 0 spiro atoms. The topological polar surface area (TPSA) is 55.1 Å². The Hall–Kier alpha value is -2.43. The Kier molecular flexibility index (Phi) is 2.45. The molecule has 5 nitrogen and oxygen atoms in total. The summed E-state index contributed by atoms with van der Waals surface area (Å²) in [5.41, 5.74) is 4.31. The number of aromatic nitrogens is 4. The zero-order valence-electron chi connectivity index (χ0n) is 11.2. The molecule has 1 N–H and O–H groups in total. The van der Waals surface area contributed by atoms with E-state index in [-0.39, 0.29) is 5.92 Å². The molecule has 0 aliphatic carbocycles. The monoisotopic (exact) mass is 265 g/mol. The van der Waals surface area contributed by atoms with E-state index in [4.69, 9.17) is 0 Å². The summed E-state index contributed by atoms with van der Waals surface area (Å²) in [6.07, 6.45) is 2.84. The molecule has 100 valence electrons. The number of benzene rings is 1. The molecule has 3 heterocycles. The maximum Gasteiger partial charge on any atom is 0.163 e. The minimum atomic E-state index is 0.270. The standard InChI is InChI=1S/C15H15N5/c1-10-8-14-18-19-15(20(14)9-17-10)12-6-7-16-13-5-3-2-4-11(12)13/h2-5,8-9,12,16H,6-7H2,1H3. The third-order valence-corrected chi connectivity index (χ3v) is 3.86. The minimum absolute atomic E-state index is 0.270. The first-order valence-corrected chi connectivity index (χ1v) is 6.83. The van der Waals surface area contributed by atoms with Gasteiger partial charge < -0.3 is 5.32 Å². The second kappa shape index (κ2) is 4.30. The van der Waals surface area contributed by atoms with Gasteiger partial charge in [0.05, 0.1) is 0 Å². The highest BCUT2D eigenvalue weighted by atomic mass is 15.3. The van der Waals surface area contributed by atoms with Gasteiger partial charge in [-0.3, -0.25) is 4.40 Å². The third-order valence-electron chi connectivity index (χ3n) is 3.86. The van der Waals surface area contributed by atoms with E-state index in [0.29, 0.717) is 0 Å². The van der Waals surface area contributed by atoms with E-state index in [2.05, 4.69) is 44.8 Å². The Morgan fingerprint density at radius 2 is 2.15 bits per heavy atom. The van der Waals surface area contributed by atoms with Gasteiger partial charge >= 0.3 is 0 Å². The number of fused-ring (bicyclic) bond motifs is 2. The SMILES string of the molecule is Cc1cc2nnc(C3CCNc4ccccc43)n2cn1. The molecule has 20 heavy (non-hydrogen) atoms. The van der Waals surface area contributed by atoms with Gasteiger partial charge in [0.25, 0.3) is 0 Å². The van der Waals surface area contributed by atoms with E-state index in [1.807, 2.05) is 23.7 Å². The first-order chi connectivity index (χ1) is 9.83. The van der Waals surface area contributed by atoms with Crippen LogP contribution in [0.3, 0.4) is 0 Å². The van der Waals surface area contributed by atoms with E-state index in [9.17, 15) is 0 Å². The smallest absolute Gasteiger partial charge is 0.163 e. The molecule has 5 heteroatoms. The quantitative estimate of drug-likeness (QED) is 0.734. The van der Waals surface area contributed by atoms with Crippen molar-refractivity contribution in [3.05, 3.63) is 53.7 Å². The zero-order chi connectivity index (χ0) is 13.5.